The molecule has 1 aromatic rings. The Morgan fingerprint density at radius 3 is 3.00 bits per heavy atom. The first-order chi connectivity index (χ1) is 7.29. The number of nitrogens with zero attached hydrogens (tertiary/aromatic N) is 2. The summed E-state index contributed by atoms with van der Waals surface area (Å²) < 4.78 is 0. The van der Waals surface area contributed by atoms with Crippen LogP contribution in [0.25, 0.3) is 0 Å². The summed E-state index contributed by atoms with van der Waals surface area (Å²) in [5.41, 5.74) is 0. The average Bonchev–Trinajstić information content (AvgIpc) is 2.98. The van der Waals surface area contributed by atoms with Gasteiger partial charge in [0.1, 0.15) is 5.15 Å². The zero-order valence-electron chi connectivity index (χ0n) is 8.87. The molecular weight excluding hydrogens is 230 g/mol. The van der Waals surface area contributed by atoms with E-state index < -0.39 is 0 Å². The highest BCUT2D eigenvalue weighted by molar-refractivity contribution is 7.14. The molecule has 1 aliphatic carbocycles. The zero-order valence-corrected chi connectivity index (χ0v) is 10.4. The molecule has 5 heteroatoms. The van der Waals surface area contributed by atoms with Crippen LogP contribution in [0.4, 0.5) is 5.13 Å². The van der Waals surface area contributed by atoms with Crippen LogP contribution in [0.3, 0.4) is 0 Å². The van der Waals surface area contributed by atoms with Gasteiger partial charge in [0.2, 0.25) is 0 Å². The van der Waals surface area contributed by atoms with Crippen molar-refractivity contribution in [1.29, 1.82) is 0 Å². The van der Waals surface area contributed by atoms with E-state index in [1.807, 2.05) is 5.38 Å². The van der Waals surface area contributed by atoms with Gasteiger partial charge in [-0.1, -0.05) is 18.5 Å². The topological polar surface area (TPSA) is 28.2 Å². The van der Waals surface area contributed by atoms with Crippen LogP contribution in [0, 0.1) is 0 Å². The number of likely N-dealkylation sites (N-methyl/N-ethyl adjacent to an activating group) is 1. The first-order valence-electron chi connectivity index (χ1n) is 5.38. The van der Waals surface area contributed by atoms with Crippen molar-refractivity contribution in [3.05, 3.63) is 10.5 Å². The standard InChI is InChI=1S/C10H16ClN3S/c1-2-14(8-3-4-8)6-5-12-10-13-9(11)7-15-10/h7-8H,2-6H2,1H3,(H,12,13). The fourth-order valence-electron chi connectivity index (χ4n) is 1.68. The Balaban J connectivity index is 1.69. The molecule has 0 unspecified atom stereocenters. The number of aromatic nitrogens is 1. The van der Waals surface area contributed by atoms with Crippen molar-refractivity contribution < 1.29 is 0 Å². The number of rotatable bonds is 6. The van der Waals surface area contributed by atoms with Crippen molar-refractivity contribution in [2.45, 2.75) is 25.8 Å². The maximum Gasteiger partial charge on any atom is 0.184 e. The number of thiazole rings is 1. The Hall–Kier alpha value is -0.320. The summed E-state index contributed by atoms with van der Waals surface area (Å²) in [5.74, 6) is 0. The van der Waals surface area contributed by atoms with Crippen molar-refractivity contribution in [3.8, 4) is 0 Å². The van der Waals surface area contributed by atoms with Gasteiger partial charge in [-0.2, -0.15) is 0 Å². The molecule has 3 nitrogen and oxygen atoms in total. The van der Waals surface area contributed by atoms with Crippen molar-refractivity contribution in [2.24, 2.45) is 0 Å². The normalized spacial score (nSPS) is 15.9. The third-order valence-electron chi connectivity index (χ3n) is 2.62. The Morgan fingerprint density at radius 1 is 1.67 bits per heavy atom. The van der Waals surface area contributed by atoms with Crippen LogP contribution in [0.1, 0.15) is 19.8 Å². The lowest BCUT2D eigenvalue weighted by atomic mass is 10.4. The summed E-state index contributed by atoms with van der Waals surface area (Å²) in [5, 5.41) is 6.65. The molecule has 1 heterocycles. The van der Waals surface area contributed by atoms with Crippen LogP contribution in [-0.2, 0) is 0 Å². The van der Waals surface area contributed by atoms with Gasteiger partial charge in [0.15, 0.2) is 5.13 Å². The summed E-state index contributed by atoms with van der Waals surface area (Å²) in [7, 11) is 0. The predicted molar refractivity (Wildman–Crippen MR) is 65.9 cm³/mol. The van der Waals surface area contributed by atoms with Gasteiger partial charge in [-0.25, -0.2) is 4.98 Å². The SMILES string of the molecule is CCN(CCNc1nc(Cl)cs1)C1CC1. The Morgan fingerprint density at radius 2 is 2.47 bits per heavy atom. The molecule has 0 amide bonds. The molecule has 0 spiro atoms. The van der Waals surface area contributed by atoms with Crippen LogP contribution >= 0.6 is 22.9 Å². The van der Waals surface area contributed by atoms with Gasteiger partial charge < -0.3 is 5.32 Å². The second kappa shape index (κ2) is 5.14. The van der Waals surface area contributed by atoms with Gasteiger partial charge in [0.05, 0.1) is 0 Å². The monoisotopic (exact) mass is 245 g/mol. The van der Waals surface area contributed by atoms with Gasteiger partial charge in [0, 0.05) is 24.5 Å². The maximum atomic E-state index is 5.74. The summed E-state index contributed by atoms with van der Waals surface area (Å²) in [6.45, 7) is 5.41. The van der Waals surface area contributed by atoms with E-state index in [1.54, 1.807) is 11.3 Å². The Bertz CT molecular complexity index is 311. The third kappa shape index (κ3) is 3.33. The van der Waals surface area contributed by atoms with Crippen LogP contribution in [0.2, 0.25) is 5.15 Å². The largest absolute Gasteiger partial charge is 0.360 e. The molecule has 0 saturated heterocycles. The van der Waals surface area contributed by atoms with E-state index in [9.17, 15) is 0 Å². The summed E-state index contributed by atoms with van der Waals surface area (Å²) in [6.07, 6.45) is 2.74. The van der Waals surface area contributed by atoms with E-state index in [4.69, 9.17) is 11.6 Å². The van der Waals surface area contributed by atoms with Crippen molar-refractivity contribution >= 4 is 28.1 Å². The van der Waals surface area contributed by atoms with E-state index in [-0.39, 0.29) is 0 Å². The molecule has 1 aliphatic rings. The number of hydrogen-bond acceptors (Lipinski definition) is 4. The highest BCUT2D eigenvalue weighted by atomic mass is 35.5. The molecule has 0 bridgehead atoms. The highest BCUT2D eigenvalue weighted by Crippen LogP contribution is 2.26. The molecule has 15 heavy (non-hydrogen) atoms. The fraction of sp³-hybridized carbons (Fsp3) is 0.700. The van der Waals surface area contributed by atoms with Crippen LogP contribution in [0.15, 0.2) is 5.38 Å². The zero-order chi connectivity index (χ0) is 10.7. The van der Waals surface area contributed by atoms with Gasteiger partial charge in [-0.05, 0) is 19.4 Å². The van der Waals surface area contributed by atoms with Gasteiger partial charge in [-0.15, -0.1) is 11.3 Å². The van der Waals surface area contributed by atoms with E-state index in [2.05, 4.69) is 22.1 Å². The van der Waals surface area contributed by atoms with Gasteiger partial charge >= 0.3 is 0 Å². The lowest BCUT2D eigenvalue weighted by Gasteiger charge is -2.19. The first kappa shape index (κ1) is 11.2. The fourth-order valence-corrected chi connectivity index (χ4v) is 2.55. The molecule has 0 radical (unpaired) electrons. The highest BCUT2D eigenvalue weighted by Gasteiger charge is 2.27. The lowest BCUT2D eigenvalue weighted by molar-refractivity contribution is 0.289. The van der Waals surface area contributed by atoms with Crippen molar-refractivity contribution in [1.82, 2.24) is 9.88 Å². The van der Waals surface area contributed by atoms with E-state index >= 15 is 0 Å². The molecule has 0 aromatic carbocycles. The lowest BCUT2D eigenvalue weighted by Crippen LogP contribution is -2.30. The van der Waals surface area contributed by atoms with Gasteiger partial charge in [-0.3, -0.25) is 4.90 Å². The second-order valence-electron chi connectivity index (χ2n) is 3.76. The molecule has 1 fully saturated rings. The molecule has 1 saturated carbocycles. The first-order valence-corrected chi connectivity index (χ1v) is 6.64. The minimum absolute atomic E-state index is 0.581. The summed E-state index contributed by atoms with van der Waals surface area (Å²) >= 11 is 7.30. The predicted octanol–water partition coefficient (Wildman–Crippen LogP) is 2.69. The molecule has 1 N–H and O–H groups in total. The summed E-state index contributed by atoms with van der Waals surface area (Å²) in [6, 6.07) is 0.844. The van der Waals surface area contributed by atoms with Crippen molar-refractivity contribution in [2.75, 3.05) is 25.0 Å². The second-order valence-corrected chi connectivity index (χ2v) is 5.01. The Kier molecular flexibility index (Phi) is 3.83. The third-order valence-corrected chi connectivity index (χ3v) is 3.74. The van der Waals surface area contributed by atoms with Crippen LogP contribution in [-0.4, -0.2) is 35.6 Å². The number of anilines is 1. The van der Waals surface area contributed by atoms with E-state index in [0.29, 0.717) is 5.15 Å². The number of nitrogens with one attached hydrogen (secondary N) is 1. The summed E-state index contributed by atoms with van der Waals surface area (Å²) in [4.78, 5) is 6.66. The molecule has 2 rings (SSSR count). The minimum Gasteiger partial charge on any atom is -0.360 e. The molecule has 1 aromatic heterocycles. The average molecular weight is 246 g/mol. The molecule has 0 aliphatic heterocycles. The molecular formula is C10H16ClN3S. The van der Waals surface area contributed by atoms with E-state index in [1.165, 1.54) is 12.8 Å². The Labute approximate surface area is 99.5 Å². The van der Waals surface area contributed by atoms with Crippen LogP contribution in [0.5, 0.6) is 0 Å². The van der Waals surface area contributed by atoms with Gasteiger partial charge in [0.25, 0.3) is 0 Å². The van der Waals surface area contributed by atoms with E-state index in [0.717, 1.165) is 30.8 Å². The quantitative estimate of drug-likeness (QED) is 0.835. The maximum absolute atomic E-state index is 5.74. The van der Waals surface area contributed by atoms with Crippen molar-refractivity contribution in [3.63, 3.8) is 0 Å². The molecule has 0 atom stereocenters. The molecule has 84 valence electrons. The number of hydrogen-bond donors (Lipinski definition) is 1. The smallest absolute Gasteiger partial charge is 0.184 e. The minimum atomic E-state index is 0.581. The van der Waals surface area contributed by atoms with Crippen LogP contribution < -0.4 is 5.32 Å². The number of halogens is 1.